The summed E-state index contributed by atoms with van der Waals surface area (Å²) >= 11 is 3.49. The van der Waals surface area contributed by atoms with Crippen molar-refractivity contribution in [2.75, 3.05) is 18.8 Å². The van der Waals surface area contributed by atoms with Gasteiger partial charge in [0, 0.05) is 11.0 Å². The van der Waals surface area contributed by atoms with Gasteiger partial charge in [-0.25, -0.2) is 0 Å². The standard InChI is InChI=1S/C12H19BrN2.ClH/c1-4-15(5-2)8-10-6-9(3)7-11(13)12(10)14;/h6-7H,4-5,8,14H2,1-3H3;1H. The molecule has 0 aliphatic carbocycles. The second-order valence-electron chi connectivity index (χ2n) is 3.78. The highest BCUT2D eigenvalue weighted by atomic mass is 79.9. The Kier molecular flexibility index (Phi) is 7.04. The summed E-state index contributed by atoms with van der Waals surface area (Å²) in [6.07, 6.45) is 0. The average Bonchev–Trinajstić information content (AvgIpc) is 2.21. The van der Waals surface area contributed by atoms with Crippen LogP contribution in [-0.4, -0.2) is 18.0 Å². The number of benzene rings is 1. The number of aryl methyl sites for hydroxylation is 1. The van der Waals surface area contributed by atoms with Crippen LogP contribution in [0.1, 0.15) is 25.0 Å². The highest BCUT2D eigenvalue weighted by Crippen LogP contribution is 2.26. The van der Waals surface area contributed by atoms with Gasteiger partial charge in [-0.15, -0.1) is 12.4 Å². The Morgan fingerprint density at radius 1 is 1.25 bits per heavy atom. The molecule has 0 aliphatic rings. The summed E-state index contributed by atoms with van der Waals surface area (Å²) in [5, 5.41) is 0. The van der Waals surface area contributed by atoms with Gasteiger partial charge in [0.15, 0.2) is 0 Å². The summed E-state index contributed by atoms with van der Waals surface area (Å²) in [5.41, 5.74) is 9.37. The number of hydrogen-bond acceptors (Lipinski definition) is 2. The summed E-state index contributed by atoms with van der Waals surface area (Å²) in [6.45, 7) is 9.48. The van der Waals surface area contributed by atoms with Crippen molar-refractivity contribution in [1.82, 2.24) is 4.90 Å². The third kappa shape index (κ3) is 3.96. The van der Waals surface area contributed by atoms with Crippen molar-refractivity contribution in [3.8, 4) is 0 Å². The Hall–Kier alpha value is -0.250. The molecule has 0 heterocycles. The molecule has 0 amide bonds. The van der Waals surface area contributed by atoms with E-state index in [2.05, 4.69) is 53.7 Å². The topological polar surface area (TPSA) is 29.3 Å². The highest BCUT2D eigenvalue weighted by Gasteiger charge is 2.07. The molecular weight excluding hydrogens is 288 g/mol. The zero-order valence-corrected chi connectivity index (χ0v) is 12.5. The van der Waals surface area contributed by atoms with E-state index in [0.29, 0.717) is 0 Å². The fourth-order valence-electron chi connectivity index (χ4n) is 1.64. The molecule has 0 unspecified atom stereocenters. The molecule has 0 spiro atoms. The van der Waals surface area contributed by atoms with Crippen molar-refractivity contribution in [3.63, 3.8) is 0 Å². The van der Waals surface area contributed by atoms with Crippen molar-refractivity contribution in [2.45, 2.75) is 27.3 Å². The lowest BCUT2D eigenvalue weighted by Gasteiger charge is -2.20. The van der Waals surface area contributed by atoms with Crippen molar-refractivity contribution in [3.05, 3.63) is 27.7 Å². The molecule has 2 N–H and O–H groups in total. The van der Waals surface area contributed by atoms with Crippen molar-refractivity contribution in [2.24, 2.45) is 0 Å². The number of hydrogen-bond donors (Lipinski definition) is 1. The maximum Gasteiger partial charge on any atom is 0.0504 e. The molecule has 1 aromatic rings. The molecular formula is C12H20BrClN2. The Balaban J connectivity index is 0.00000225. The van der Waals surface area contributed by atoms with E-state index >= 15 is 0 Å². The van der Waals surface area contributed by atoms with E-state index in [4.69, 9.17) is 5.73 Å². The van der Waals surface area contributed by atoms with Crippen LogP contribution >= 0.6 is 28.3 Å². The van der Waals surface area contributed by atoms with Gasteiger partial charge in [0.05, 0.1) is 5.69 Å². The second-order valence-corrected chi connectivity index (χ2v) is 4.64. The van der Waals surface area contributed by atoms with E-state index in [1.165, 1.54) is 11.1 Å². The maximum absolute atomic E-state index is 6.04. The smallest absolute Gasteiger partial charge is 0.0504 e. The van der Waals surface area contributed by atoms with Crippen LogP contribution in [0.3, 0.4) is 0 Å². The predicted molar refractivity (Wildman–Crippen MR) is 77.2 cm³/mol. The predicted octanol–water partition coefficient (Wildman–Crippen LogP) is 3.60. The summed E-state index contributed by atoms with van der Waals surface area (Å²) in [4.78, 5) is 2.36. The zero-order chi connectivity index (χ0) is 11.4. The molecule has 4 heteroatoms. The van der Waals surface area contributed by atoms with Crippen LogP contribution < -0.4 is 5.73 Å². The first-order chi connectivity index (χ1) is 7.08. The number of nitrogens with two attached hydrogens (primary N) is 1. The zero-order valence-electron chi connectivity index (χ0n) is 10.1. The van der Waals surface area contributed by atoms with Gasteiger partial charge in [-0.05, 0) is 53.1 Å². The average molecular weight is 308 g/mol. The van der Waals surface area contributed by atoms with Gasteiger partial charge < -0.3 is 5.73 Å². The molecule has 2 nitrogen and oxygen atoms in total. The van der Waals surface area contributed by atoms with E-state index in [0.717, 1.165) is 29.8 Å². The third-order valence-electron chi connectivity index (χ3n) is 2.65. The first-order valence-electron chi connectivity index (χ1n) is 5.35. The quantitative estimate of drug-likeness (QED) is 0.861. The lowest BCUT2D eigenvalue weighted by molar-refractivity contribution is 0.296. The number of nitrogen functional groups attached to an aromatic ring is 1. The van der Waals surface area contributed by atoms with E-state index in [1.54, 1.807) is 0 Å². The van der Waals surface area contributed by atoms with Crippen LogP contribution in [0.4, 0.5) is 5.69 Å². The molecule has 0 fully saturated rings. The fraction of sp³-hybridized carbons (Fsp3) is 0.500. The minimum Gasteiger partial charge on any atom is -0.398 e. The number of nitrogens with zero attached hydrogens (tertiary/aromatic N) is 1. The van der Waals surface area contributed by atoms with Crippen molar-refractivity contribution >= 4 is 34.0 Å². The molecule has 16 heavy (non-hydrogen) atoms. The van der Waals surface area contributed by atoms with Gasteiger partial charge in [-0.2, -0.15) is 0 Å². The van der Waals surface area contributed by atoms with Crippen LogP contribution in [0.15, 0.2) is 16.6 Å². The molecule has 0 bridgehead atoms. The molecule has 1 aromatic carbocycles. The van der Waals surface area contributed by atoms with Crippen LogP contribution in [0.2, 0.25) is 0 Å². The van der Waals surface area contributed by atoms with Gasteiger partial charge in [0.2, 0.25) is 0 Å². The molecule has 92 valence electrons. The van der Waals surface area contributed by atoms with E-state index in [-0.39, 0.29) is 12.4 Å². The number of anilines is 1. The normalized spacial score (nSPS) is 10.3. The van der Waals surface area contributed by atoms with Crippen molar-refractivity contribution < 1.29 is 0 Å². The molecule has 0 saturated carbocycles. The molecule has 0 aromatic heterocycles. The summed E-state index contributed by atoms with van der Waals surface area (Å²) in [7, 11) is 0. The number of rotatable bonds is 4. The fourth-order valence-corrected chi connectivity index (χ4v) is 2.26. The molecule has 0 saturated heterocycles. The van der Waals surface area contributed by atoms with E-state index in [9.17, 15) is 0 Å². The van der Waals surface area contributed by atoms with Crippen LogP contribution in [0, 0.1) is 6.92 Å². The lowest BCUT2D eigenvalue weighted by atomic mass is 10.1. The Morgan fingerprint density at radius 2 is 1.81 bits per heavy atom. The minimum atomic E-state index is 0. The molecule has 0 radical (unpaired) electrons. The molecule has 1 rings (SSSR count). The first kappa shape index (κ1) is 15.8. The Bertz CT molecular complexity index is 338. The van der Waals surface area contributed by atoms with Crippen LogP contribution in [-0.2, 0) is 6.54 Å². The second kappa shape index (κ2) is 7.15. The third-order valence-corrected chi connectivity index (χ3v) is 3.30. The van der Waals surface area contributed by atoms with Crippen LogP contribution in [0.5, 0.6) is 0 Å². The lowest BCUT2D eigenvalue weighted by Crippen LogP contribution is -2.22. The van der Waals surface area contributed by atoms with E-state index < -0.39 is 0 Å². The first-order valence-corrected chi connectivity index (χ1v) is 6.14. The highest BCUT2D eigenvalue weighted by molar-refractivity contribution is 9.10. The molecule has 0 atom stereocenters. The maximum atomic E-state index is 6.04. The minimum absolute atomic E-state index is 0. The summed E-state index contributed by atoms with van der Waals surface area (Å²) in [5.74, 6) is 0. The van der Waals surface area contributed by atoms with E-state index in [1.807, 2.05) is 0 Å². The van der Waals surface area contributed by atoms with Crippen LogP contribution in [0.25, 0.3) is 0 Å². The van der Waals surface area contributed by atoms with Gasteiger partial charge in [0.25, 0.3) is 0 Å². The molecule has 0 aliphatic heterocycles. The summed E-state index contributed by atoms with van der Waals surface area (Å²) < 4.78 is 1.00. The Morgan fingerprint density at radius 3 is 2.31 bits per heavy atom. The Labute approximate surface area is 113 Å². The van der Waals surface area contributed by atoms with Gasteiger partial charge >= 0.3 is 0 Å². The largest absolute Gasteiger partial charge is 0.398 e. The SMILES string of the molecule is CCN(CC)Cc1cc(C)cc(Br)c1N.Cl. The summed E-state index contributed by atoms with van der Waals surface area (Å²) in [6, 6.07) is 4.22. The van der Waals surface area contributed by atoms with Crippen molar-refractivity contribution in [1.29, 1.82) is 0 Å². The number of halogens is 2. The van der Waals surface area contributed by atoms with Gasteiger partial charge in [-0.1, -0.05) is 19.9 Å². The van der Waals surface area contributed by atoms with Gasteiger partial charge in [-0.3, -0.25) is 4.90 Å². The van der Waals surface area contributed by atoms with Gasteiger partial charge in [0.1, 0.15) is 0 Å². The monoisotopic (exact) mass is 306 g/mol.